The molecule has 4 rings (SSSR count). The molecule has 1 N–H and O–H groups in total. The number of rotatable bonds is 8. The Morgan fingerprint density at radius 3 is 2.59 bits per heavy atom. The summed E-state index contributed by atoms with van der Waals surface area (Å²) in [5, 5.41) is 8.09. The Kier molecular flexibility index (Phi) is 6.86. The maximum Gasteiger partial charge on any atom is 0.235 e. The van der Waals surface area contributed by atoms with E-state index in [0.29, 0.717) is 18.2 Å². The molecule has 3 heterocycles. The molecule has 1 aliphatic heterocycles. The van der Waals surface area contributed by atoms with Gasteiger partial charge in [-0.1, -0.05) is 23.4 Å². The third-order valence-corrected chi connectivity index (χ3v) is 7.61. The predicted octanol–water partition coefficient (Wildman–Crippen LogP) is 3.25. The molecule has 170 valence electrons. The van der Waals surface area contributed by atoms with Crippen molar-refractivity contribution in [1.29, 1.82) is 0 Å². The van der Waals surface area contributed by atoms with Crippen molar-refractivity contribution in [3.05, 3.63) is 71.8 Å². The highest BCUT2D eigenvalue weighted by molar-refractivity contribution is 7.93. The topological polar surface area (TPSA) is 93.0 Å². The second kappa shape index (κ2) is 9.79. The van der Waals surface area contributed by atoms with E-state index in [4.69, 9.17) is 0 Å². The van der Waals surface area contributed by atoms with Crippen LogP contribution in [0, 0.1) is 0 Å². The van der Waals surface area contributed by atoms with Crippen molar-refractivity contribution in [2.24, 2.45) is 0 Å². The van der Waals surface area contributed by atoms with Gasteiger partial charge in [0, 0.05) is 18.4 Å². The van der Waals surface area contributed by atoms with E-state index in [2.05, 4.69) is 31.0 Å². The fourth-order valence-electron chi connectivity index (χ4n) is 3.94. The van der Waals surface area contributed by atoms with Crippen LogP contribution in [0.3, 0.4) is 0 Å². The van der Waals surface area contributed by atoms with Crippen molar-refractivity contribution in [3.63, 3.8) is 0 Å². The molecule has 1 aromatic carbocycles. The largest absolute Gasteiger partial charge is 0.297 e. The van der Waals surface area contributed by atoms with E-state index >= 15 is 0 Å². The number of anilines is 1. The summed E-state index contributed by atoms with van der Waals surface area (Å²) in [6, 6.07) is 13.7. The summed E-state index contributed by atoms with van der Waals surface area (Å²) >= 11 is 0. The number of benzene rings is 1. The van der Waals surface area contributed by atoms with Gasteiger partial charge in [-0.25, -0.2) is 13.1 Å². The van der Waals surface area contributed by atoms with Gasteiger partial charge in [-0.2, -0.15) is 0 Å². The van der Waals surface area contributed by atoms with Crippen LogP contribution in [0.2, 0.25) is 0 Å². The maximum absolute atomic E-state index is 12.2. The van der Waals surface area contributed by atoms with E-state index in [9.17, 15) is 8.42 Å². The first-order chi connectivity index (χ1) is 15.4. The zero-order valence-corrected chi connectivity index (χ0v) is 19.4. The van der Waals surface area contributed by atoms with Crippen LogP contribution in [-0.2, 0) is 23.1 Å². The van der Waals surface area contributed by atoms with Crippen LogP contribution in [0.1, 0.15) is 49.6 Å². The number of sulfonamides is 1. The number of hydrogen-bond donors (Lipinski definition) is 1. The van der Waals surface area contributed by atoms with Gasteiger partial charge in [0.1, 0.15) is 0 Å². The Balaban J connectivity index is 1.31. The number of nitrogens with zero attached hydrogens (tertiary/aromatic N) is 5. The molecule has 0 spiro atoms. The third-order valence-electron chi connectivity index (χ3n) is 5.85. The van der Waals surface area contributed by atoms with Crippen molar-refractivity contribution < 1.29 is 8.42 Å². The van der Waals surface area contributed by atoms with Crippen LogP contribution < -0.4 is 4.72 Å². The standard InChI is InChI=1S/C23H30N6O2S/c1-18(2)32(30,31)26-21-8-5-6-20(14-21)19-9-12-28(13-10-19)15-23-17-29(27-25-23)16-22-7-3-4-11-24-22/h3-8,11,14,17-19,26H,9-10,12-13,15-16H2,1-2H3. The molecule has 0 radical (unpaired) electrons. The SMILES string of the molecule is CC(C)S(=O)(=O)Nc1cccc(C2CCN(Cc3cn(Cc4ccccn4)nn3)CC2)c1. The average molecular weight is 455 g/mol. The highest BCUT2D eigenvalue weighted by atomic mass is 32.2. The van der Waals surface area contributed by atoms with Crippen LogP contribution in [0.4, 0.5) is 5.69 Å². The monoisotopic (exact) mass is 454 g/mol. The molecule has 0 saturated carbocycles. The van der Waals surface area contributed by atoms with Gasteiger partial charge in [-0.05, 0) is 75.5 Å². The lowest BCUT2D eigenvalue weighted by atomic mass is 9.89. The van der Waals surface area contributed by atoms with Crippen molar-refractivity contribution in [2.75, 3.05) is 17.8 Å². The first-order valence-corrected chi connectivity index (χ1v) is 12.6. The second-order valence-electron chi connectivity index (χ2n) is 8.60. The minimum absolute atomic E-state index is 0.426. The summed E-state index contributed by atoms with van der Waals surface area (Å²) in [4.78, 5) is 6.73. The molecular formula is C23H30N6O2S. The third kappa shape index (κ3) is 5.72. The molecule has 1 aliphatic rings. The van der Waals surface area contributed by atoms with Gasteiger partial charge >= 0.3 is 0 Å². The first kappa shape index (κ1) is 22.4. The molecule has 0 amide bonds. The summed E-state index contributed by atoms with van der Waals surface area (Å²) in [6.45, 7) is 6.70. The normalized spacial score (nSPS) is 15.8. The Hall–Kier alpha value is -2.78. The van der Waals surface area contributed by atoms with Gasteiger partial charge < -0.3 is 0 Å². The van der Waals surface area contributed by atoms with Crippen LogP contribution in [0.5, 0.6) is 0 Å². The average Bonchev–Trinajstić information content (AvgIpc) is 3.21. The minimum atomic E-state index is -3.34. The van der Waals surface area contributed by atoms with Crippen molar-refractivity contribution in [3.8, 4) is 0 Å². The Morgan fingerprint density at radius 2 is 1.88 bits per heavy atom. The van der Waals surface area contributed by atoms with Gasteiger partial charge in [0.2, 0.25) is 10.0 Å². The molecule has 3 aromatic rings. The number of pyridine rings is 1. The van der Waals surface area contributed by atoms with E-state index in [1.807, 2.05) is 47.3 Å². The van der Waals surface area contributed by atoms with E-state index in [0.717, 1.165) is 43.9 Å². The van der Waals surface area contributed by atoms with Gasteiger partial charge in [0.05, 0.1) is 29.4 Å². The van der Waals surface area contributed by atoms with E-state index in [1.54, 1.807) is 20.0 Å². The number of aromatic nitrogens is 4. The number of nitrogens with one attached hydrogen (secondary N) is 1. The first-order valence-electron chi connectivity index (χ1n) is 11.0. The van der Waals surface area contributed by atoms with E-state index in [-0.39, 0.29) is 0 Å². The molecule has 2 aromatic heterocycles. The fourth-order valence-corrected chi connectivity index (χ4v) is 4.63. The fraction of sp³-hybridized carbons (Fsp3) is 0.435. The van der Waals surface area contributed by atoms with Gasteiger partial charge in [0.15, 0.2) is 0 Å². The summed E-state index contributed by atoms with van der Waals surface area (Å²) in [6.07, 6.45) is 5.84. The maximum atomic E-state index is 12.2. The number of likely N-dealkylation sites (tertiary alicyclic amines) is 1. The molecule has 0 aliphatic carbocycles. The van der Waals surface area contributed by atoms with Crippen LogP contribution in [0.25, 0.3) is 0 Å². The lowest BCUT2D eigenvalue weighted by Crippen LogP contribution is -2.32. The molecule has 9 heteroatoms. The molecule has 8 nitrogen and oxygen atoms in total. The van der Waals surface area contributed by atoms with Crippen LogP contribution >= 0.6 is 0 Å². The highest BCUT2D eigenvalue weighted by Crippen LogP contribution is 2.30. The van der Waals surface area contributed by atoms with Gasteiger partial charge in [-0.15, -0.1) is 5.10 Å². The quantitative estimate of drug-likeness (QED) is 0.562. The molecule has 0 unspecified atom stereocenters. The van der Waals surface area contributed by atoms with Crippen molar-refractivity contribution in [1.82, 2.24) is 24.9 Å². The summed E-state index contributed by atoms with van der Waals surface area (Å²) < 4.78 is 28.9. The Labute approximate surface area is 189 Å². The predicted molar refractivity (Wildman–Crippen MR) is 125 cm³/mol. The van der Waals surface area contributed by atoms with Crippen molar-refractivity contribution >= 4 is 15.7 Å². The Bertz CT molecular complexity index is 1120. The van der Waals surface area contributed by atoms with E-state index < -0.39 is 15.3 Å². The van der Waals surface area contributed by atoms with Gasteiger partial charge in [0.25, 0.3) is 0 Å². The van der Waals surface area contributed by atoms with Crippen LogP contribution in [-0.4, -0.2) is 51.6 Å². The molecule has 32 heavy (non-hydrogen) atoms. The van der Waals surface area contributed by atoms with Crippen LogP contribution in [0.15, 0.2) is 54.9 Å². The second-order valence-corrected chi connectivity index (χ2v) is 10.8. The number of piperidine rings is 1. The van der Waals surface area contributed by atoms with E-state index in [1.165, 1.54) is 5.56 Å². The summed E-state index contributed by atoms with van der Waals surface area (Å²) in [5.41, 5.74) is 3.75. The van der Waals surface area contributed by atoms with Gasteiger partial charge in [-0.3, -0.25) is 14.6 Å². The lowest BCUT2D eigenvalue weighted by molar-refractivity contribution is 0.202. The lowest BCUT2D eigenvalue weighted by Gasteiger charge is -2.31. The molecule has 0 atom stereocenters. The molecule has 0 bridgehead atoms. The number of hydrogen-bond acceptors (Lipinski definition) is 6. The zero-order chi connectivity index (χ0) is 22.6. The Morgan fingerprint density at radius 1 is 1.06 bits per heavy atom. The zero-order valence-electron chi connectivity index (χ0n) is 18.6. The summed E-state index contributed by atoms with van der Waals surface area (Å²) in [5.74, 6) is 0.426. The molecular weight excluding hydrogens is 424 g/mol. The minimum Gasteiger partial charge on any atom is -0.297 e. The summed E-state index contributed by atoms with van der Waals surface area (Å²) in [7, 11) is -3.34. The molecule has 1 saturated heterocycles. The smallest absolute Gasteiger partial charge is 0.235 e. The van der Waals surface area contributed by atoms with Crippen molar-refractivity contribution in [2.45, 2.75) is 50.9 Å². The highest BCUT2D eigenvalue weighted by Gasteiger charge is 2.22. The molecule has 1 fully saturated rings.